The second-order valence-corrected chi connectivity index (χ2v) is 4.96. The summed E-state index contributed by atoms with van der Waals surface area (Å²) < 4.78 is 0. The number of carbonyl (C=O) groups excluding carboxylic acids is 1. The average molecular weight is 211 g/mol. The Labute approximate surface area is 91.4 Å². The number of rotatable bonds is 1. The third-order valence-electron chi connectivity index (χ3n) is 3.42. The zero-order chi connectivity index (χ0) is 10.8. The van der Waals surface area contributed by atoms with Crippen LogP contribution in [0.25, 0.3) is 0 Å². The number of amides is 1. The van der Waals surface area contributed by atoms with Crippen LogP contribution in [0.3, 0.4) is 0 Å². The molecule has 0 spiro atoms. The molecule has 4 nitrogen and oxygen atoms in total. The molecule has 2 N–H and O–H groups in total. The van der Waals surface area contributed by atoms with Crippen LogP contribution in [0.1, 0.15) is 33.1 Å². The van der Waals surface area contributed by atoms with Crippen LogP contribution in [-0.4, -0.2) is 36.2 Å². The van der Waals surface area contributed by atoms with Gasteiger partial charge in [0.25, 0.3) is 0 Å². The predicted molar refractivity (Wildman–Crippen MR) is 59.1 cm³/mol. The van der Waals surface area contributed by atoms with Crippen LogP contribution in [0, 0.1) is 5.92 Å². The van der Waals surface area contributed by atoms with E-state index >= 15 is 0 Å². The molecule has 86 valence electrons. The topological polar surface area (TPSA) is 44.4 Å². The third-order valence-corrected chi connectivity index (χ3v) is 3.42. The van der Waals surface area contributed by atoms with Crippen molar-refractivity contribution >= 4 is 5.91 Å². The lowest BCUT2D eigenvalue weighted by Gasteiger charge is -2.40. The zero-order valence-corrected chi connectivity index (χ0v) is 9.62. The van der Waals surface area contributed by atoms with Gasteiger partial charge in [0.15, 0.2) is 0 Å². The summed E-state index contributed by atoms with van der Waals surface area (Å²) in [6.45, 7) is 6.54. The summed E-state index contributed by atoms with van der Waals surface area (Å²) in [4.78, 5) is 13.8. The van der Waals surface area contributed by atoms with Gasteiger partial charge in [-0.2, -0.15) is 0 Å². The molecule has 15 heavy (non-hydrogen) atoms. The number of piperidine rings is 1. The maximum Gasteiger partial charge on any atom is 0.223 e. The molecule has 2 rings (SSSR count). The van der Waals surface area contributed by atoms with Gasteiger partial charge >= 0.3 is 0 Å². The van der Waals surface area contributed by atoms with Gasteiger partial charge in [0.1, 0.15) is 6.29 Å². The maximum atomic E-state index is 11.4. The summed E-state index contributed by atoms with van der Waals surface area (Å²) >= 11 is 0. The van der Waals surface area contributed by atoms with Crippen LogP contribution in [0.2, 0.25) is 0 Å². The molecule has 2 saturated heterocycles. The molecule has 1 amide bonds. The minimum absolute atomic E-state index is 0.0637. The van der Waals surface area contributed by atoms with Gasteiger partial charge in [-0.3, -0.25) is 15.0 Å². The lowest BCUT2D eigenvalue weighted by Crippen LogP contribution is -2.64. The summed E-state index contributed by atoms with van der Waals surface area (Å²) in [5.41, 5.74) is 0. The lowest BCUT2D eigenvalue weighted by molar-refractivity contribution is -0.127. The van der Waals surface area contributed by atoms with E-state index in [2.05, 4.69) is 29.4 Å². The van der Waals surface area contributed by atoms with Crippen LogP contribution in [-0.2, 0) is 4.79 Å². The Hall–Kier alpha value is -0.610. The largest absolute Gasteiger partial charge is 0.328 e. The van der Waals surface area contributed by atoms with Crippen molar-refractivity contribution in [2.24, 2.45) is 5.92 Å². The molecule has 0 radical (unpaired) electrons. The fourth-order valence-corrected chi connectivity index (χ4v) is 2.34. The fourth-order valence-electron chi connectivity index (χ4n) is 2.34. The minimum Gasteiger partial charge on any atom is -0.328 e. The number of nitrogens with zero attached hydrogens (tertiary/aromatic N) is 1. The van der Waals surface area contributed by atoms with Gasteiger partial charge in [0.2, 0.25) is 5.91 Å². The van der Waals surface area contributed by atoms with E-state index in [0.717, 1.165) is 19.0 Å². The maximum absolute atomic E-state index is 11.4. The van der Waals surface area contributed by atoms with Crippen molar-refractivity contribution in [1.29, 1.82) is 0 Å². The van der Waals surface area contributed by atoms with E-state index < -0.39 is 0 Å². The number of hydrogen-bond donors (Lipinski definition) is 2. The highest BCUT2D eigenvalue weighted by atomic mass is 16.2. The number of carbonyl (C=O) groups is 1. The Morgan fingerprint density at radius 2 is 1.93 bits per heavy atom. The molecule has 0 bridgehead atoms. The van der Waals surface area contributed by atoms with Crippen LogP contribution >= 0.6 is 0 Å². The van der Waals surface area contributed by atoms with Gasteiger partial charge in [-0.15, -0.1) is 0 Å². The minimum atomic E-state index is 0.0637. The summed E-state index contributed by atoms with van der Waals surface area (Å²) in [7, 11) is 0. The molecular weight excluding hydrogens is 190 g/mol. The Morgan fingerprint density at radius 3 is 2.53 bits per heavy atom. The summed E-state index contributed by atoms with van der Waals surface area (Å²) in [5, 5.41) is 6.43. The van der Waals surface area contributed by atoms with E-state index in [1.165, 1.54) is 12.8 Å². The van der Waals surface area contributed by atoms with Gasteiger partial charge in [-0.1, -0.05) is 6.92 Å². The highest BCUT2D eigenvalue weighted by Gasteiger charge is 2.29. The molecule has 0 aliphatic carbocycles. The molecule has 0 aromatic rings. The van der Waals surface area contributed by atoms with Crippen LogP contribution in [0.15, 0.2) is 0 Å². The Balaban J connectivity index is 1.89. The van der Waals surface area contributed by atoms with Gasteiger partial charge in [-0.25, -0.2) is 0 Å². The van der Waals surface area contributed by atoms with E-state index in [1.54, 1.807) is 0 Å². The highest BCUT2D eigenvalue weighted by molar-refractivity contribution is 5.77. The third kappa shape index (κ3) is 2.69. The number of likely N-dealkylation sites (tertiary alicyclic amines) is 1. The molecule has 0 aromatic heterocycles. The average Bonchev–Trinajstić information content (AvgIpc) is 2.17. The van der Waals surface area contributed by atoms with Gasteiger partial charge < -0.3 is 5.32 Å². The molecule has 2 aliphatic rings. The van der Waals surface area contributed by atoms with Crippen molar-refractivity contribution in [2.45, 2.75) is 45.4 Å². The normalized spacial score (nSPS) is 35.2. The Bertz CT molecular complexity index is 236. The van der Waals surface area contributed by atoms with Gasteiger partial charge in [-0.05, 0) is 25.7 Å². The SMILES string of the molecule is CC1CCN(C2NC(=O)CC(C)N2)CC1. The summed E-state index contributed by atoms with van der Waals surface area (Å²) in [5.74, 6) is 1.00. The molecular formula is C11H21N3O. The van der Waals surface area contributed by atoms with Crippen molar-refractivity contribution < 1.29 is 4.79 Å². The smallest absolute Gasteiger partial charge is 0.223 e. The molecule has 0 saturated carbocycles. The van der Waals surface area contributed by atoms with Crippen molar-refractivity contribution in [3.05, 3.63) is 0 Å². The molecule has 4 heteroatoms. The van der Waals surface area contributed by atoms with Crippen molar-refractivity contribution in [3.63, 3.8) is 0 Å². The van der Waals surface area contributed by atoms with Crippen LogP contribution in [0.5, 0.6) is 0 Å². The van der Waals surface area contributed by atoms with E-state index in [0.29, 0.717) is 12.5 Å². The summed E-state index contributed by atoms with van der Waals surface area (Å²) in [6.07, 6.45) is 3.14. The second-order valence-electron chi connectivity index (χ2n) is 4.96. The fraction of sp³-hybridized carbons (Fsp3) is 0.909. The van der Waals surface area contributed by atoms with E-state index in [1.807, 2.05) is 0 Å². The number of hydrogen-bond acceptors (Lipinski definition) is 3. The van der Waals surface area contributed by atoms with Crippen LogP contribution < -0.4 is 10.6 Å². The predicted octanol–water partition coefficient (Wildman–Crippen LogP) is 0.500. The molecule has 2 aliphatic heterocycles. The van der Waals surface area contributed by atoms with Crippen molar-refractivity contribution in [1.82, 2.24) is 15.5 Å². The van der Waals surface area contributed by atoms with E-state index in [9.17, 15) is 4.79 Å². The first kappa shape index (κ1) is 10.9. The molecule has 2 unspecified atom stereocenters. The highest BCUT2D eigenvalue weighted by Crippen LogP contribution is 2.17. The van der Waals surface area contributed by atoms with E-state index in [4.69, 9.17) is 0 Å². The van der Waals surface area contributed by atoms with E-state index in [-0.39, 0.29) is 12.2 Å². The second kappa shape index (κ2) is 4.49. The van der Waals surface area contributed by atoms with Crippen molar-refractivity contribution in [3.8, 4) is 0 Å². The number of nitrogens with one attached hydrogen (secondary N) is 2. The standard InChI is InChI=1S/C11H21N3O/c1-8-3-5-14(6-4-8)11-12-9(2)7-10(15)13-11/h8-9,11-12H,3-7H2,1-2H3,(H,13,15). The molecule has 2 atom stereocenters. The quantitative estimate of drug-likeness (QED) is 0.664. The Kier molecular flexibility index (Phi) is 3.26. The van der Waals surface area contributed by atoms with Gasteiger partial charge in [0.05, 0.1) is 0 Å². The molecule has 2 heterocycles. The van der Waals surface area contributed by atoms with Crippen LogP contribution in [0.4, 0.5) is 0 Å². The van der Waals surface area contributed by atoms with Crippen molar-refractivity contribution in [2.75, 3.05) is 13.1 Å². The summed E-state index contributed by atoms with van der Waals surface area (Å²) in [6, 6.07) is 0.295. The lowest BCUT2D eigenvalue weighted by atomic mass is 9.99. The molecule has 2 fully saturated rings. The molecule has 0 aromatic carbocycles. The first-order valence-corrected chi connectivity index (χ1v) is 5.94. The van der Waals surface area contributed by atoms with Gasteiger partial charge in [0, 0.05) is 25.6 Å². The first-order chi connectivity index (χ1) is 7.15. The monoisotopic (exact) mass is 211 g/mol. The zero-order valence-electron chi connectivity index (χ0n) is 9.62. The first-order valence-electron chi connectivity index (χ1n) is 5.94. The Morgan fingerprint density at radius 1 is 1.27 bits per heavy atom.